The van der Waals surface area contributed by atoms with E-state index in [4.69, 9.17) is 0 Å². The smallest absolute Gasteiger partial charge is 0.233 e. The van der Waals surface area contributed by atoms with Gasteiger partial charge in [-0.1, -0.05) is 35.7 Å². The van der Waals surface area contributed by atoms with Crippen LogP contribution in [0.25, 0.3) is 0 Å². The summed E-state index contributed by atoms with van der Waals surface area (Å²) in [7, 11) is 1.92. The van der Waals surface area contributed by atoms with Crippen molar-refractivity contribution in [3.63, 3.8) is 0 Å². The average molecular weight is 248 g/mol. The van der Waals surface area contributed by atoms with Gasteiger partial charge in [0.1, 0.15) is 0 Å². The van der Waals surface area contributed by atoms with Crippen LogP contribution < -0.4 is 0 Å². The van der Waals surface area contributed by atoms with Crippen molar-refractivity contribution in [2.24, 2.45) is 5.92 Å². The van der Waals surface area contributed by atoms with E-state index in [0.29, 0.717) is 11.4 Å². The number of amides is 1. The molecule has 2 nitrogen and oxygen atoms in total. The average Bonchev–Trinajstić information content (AvgIpc) is 2.15. The van der Waals surface area contributed by atoms with Gasteiger partial charge in [0, 0.05) is 13.1 Å². The van der Waals surface area contributed by atoms with Gasteiger partial charge in [0.05, 0.1) is 5.33 Å². The summed E-state index contributed by atoms with van der Waals surface area (Å²) in [6.07, 6.45) is 4.95. The van der Waals surface area contributed by atoms with Crippen molar-refractivity contribution in [3.8, 4) is 0 Å². The number of hydrogen-bond donors (Lipinski definition) is 0. The van der Waals surface area contributed by atoms with Crippen molar-refractivity contribution in [3.05, 3.63) is 0 Å². The van der Waals surface area contributed by atoms with Crippen molar-refractivity contribution >= 4 is 21.8 Å². The molecule has 0 aromatic carbocycles. The number of rotatable bonds is 2. The summed E-state index contributed by atoms with van der Waals surface area (Å²) in [5.41, 5.74) is 0. The van der Waals surface area contributed by atoms with Crippen molar-refractivity contribution in [1.82, 2.24) is 4.90 Å². The predicted molar refractivity (Wildman–Crippen MR) is 58.0 cm³/mol. The lowest BCUT2D eigenvalue weighted by Crippen LogP contribution is -2.40. The van der Waals surface area contributed by atoms with Gasteiger partial charge in [-0.05, 0) is 18.8 Å². The number of halogens is 1. The molecule has 0 spiro atoms. The van der Waals surface area contributed by atoms with E-state index in [0.717, 1.165) is 5.92 Å². The number of hydrogen-bond acceptors (Lipinski definition) is 1. The molecule has 1 aliphatic rings. The third-order valence-electron chi connectivity index (χ3n) is 2.96. The molecule has 2 unspecified atom stereocenters. The first-order chi connectivity index (χ1) is 6.15. The molecule has 1 fully saturated rings. The standard InChI is InChI=1S/C10H18BrNO/c1-8-4-3-5-9(6-8)12(2)10(13)7-11/h8-9H,3-7H2,1-2H3. The van der Waals surface area contributed by atoms with E-state index in [9.17, 15) is 4.79 Å². The van der Waals surface area contributed by atoms with Gasteiger partial charge >= 0.3 is 0 Å². The van der Waals surface area contributed by atoms with Crippen LogP contribution in [-0.4, -0.2) is 29.2 Å². The van der Waals surface area contributed by atoms with Crippen LogP contribution in [0.2, 0.25) is 0 Å². The molecule has 3 heteroatoms. The van der Waals surface area contributed by atoms with Gasteiger partial charge in [0.2, 0.25) is 5.91 Å². The summed E-state index contributed by atoms with van der Waals surface area (Å²) in [6.45, 7) is 2.28. The Morgan fingerprint density at radius 3 is 2.77 bits per heavy atom. The third-order valence-corrected chi connectivity index (χ3v) is 3.44. The molecule has 0 aromatic rings. The maximum Gasteiger partial charge on any atom is 0.233 e. The fourth-order valence-electron chi connectivity index (χ4n) is 2.05. The monoisotopic (exact) mass is 247 g/mol. The molecule has 0 aliphatic heterocycles. The Kier molecular flexibility index (Phi) is 4.23. The highest BCUT2D eigenvalue weighted by Gasteiger charge is 2.24. The normalized spacial score (nSPS) is 28.5. The summed E-state index contributed by atoms with van der Waals surface area (Å²) < 4.78 is 0. The van der Waals surface area contributed by atoms with E-state index >= 15 is 0 Å². The topological polar surface area (TPSA) is 20.3 Å². The van der Waals surface area contributed by atoms with Crippen LogP contribution in [0.15, 0.2) is 0 Å². The van der Waals surface area contributed by atoms with Gasteiger partial charge in [-0.3, -0.25) is 4.79 Å². The van der Waals surface area contributed by atoms with E-state index in [1.807, 2.05) is 11.9 Å². The zero-order valence-electron chi connectivity index (χ0n) is 8.42. The first-order valence-corrected chi connectivity index (χ1v) is 6.09. The van der Waals surface area contributed by atoms with Crippen LogP contribution in [0.1, 0.15) is 32.6 Å². The van der Waals surface area contributed by atoms with Crippen molar-refractivity contribution in [2.45, 2.75) is 38.6 Å². The number of carbonyl (C=O) groups is 1. The van der Waals surface area contributed by atoms with Gasteiger partial charge in [0.25, 0.3) is 0 Å². The second kappa shape index (κ2) is 4.99. The quantitative estimate of drug-likeness (QED) is 0.687. The molecule has 0 saturated heterocycles. The Hall–Kier alpha value is -0.0500. The lowest BCUT2D eigenvalue weighted by molar-refractivity contribution is -0.129. The number of nitrogens with zero attached hydrogens (tertiary/aromatic N) is 1. The number of carbonyl (C=O) groups excluding carboxylic acids is 1. The van der Waals surface area contributed by atoms with Crippen LogP contribution in [0.4, 0.5) is 0 Å². The molecule has 1 rings (SSSR count). The molecule has 0 heterocycles. The van der Waals surface area contributed by atoms with Crippen LogP contribution >= 0.6 is 15.9 Å². The van der Waals surface area contributed by atoms with E-state index in [1.165, 1.54) is 25.7 Å². The highest BCUT2D eigenvalue weighted by Crippen LogP contribution is 2.26. The molecule has 13 heavy (non-hydrogen) atoms. The van der Waals surface area contributed by atoms with Crippen molar-refractivity contribution < 1.29 is 4.79 Å². The molecular formula is C10H18BrNO. The first kappa shape index (κ1) is 11.0. The van der Waals surface area contributed by atoms with Gasteiger partial charge in [-0.25, -0.2) is 0 Å². The fraction of sp³-hybridized carbons (Fsp3) is 0.900. The van der Waals surface area contributed by atoms with Gasteiger partial charge in [0.15, 0.2) is 0 Å². The molecule has 1 amide bonds. The van der Waals surface area contributed by atoms with Crippen LogP contribution in [0, 0.1) is 5.92 Å². The SMILES string of the molecule is CC1CCCC(N(C)C(=O)CBr)C1. The summed E-state index contributed by atoms with van der Waals surface area (Å²) >= 11 is 3.21. The highest BCUT2D eigenvalue weighted by atomic mass is 79.9. The molecule has 76 valence electrons. The van der Waals surface area contributed by atoms with Gasteiger partial charge < -0.3 is 4.90 Å². The zero-order chi connectivity index (χ0) is 9.84. The molecule has 1 saturated carbocycles. The summed E-state index contributed by atoms with van der Waals surface area (Å²) in [6, 6.07) is 0.480. The molecule has 0 radical (unpaired) electrons. The predicted octanol–water partition coefficient (Wildman–Crippen LogP) is 2.42. The molecule has 2 atom stereocenters. The summed E-state index contributed by atoms with van der Waals surface area (Å²) in [4.78, 5) is 13.3. The minimum absolute atomic E-state index is 0.208. The Bertz CT molecular complexity index is 184. The maximum absolute atomic E-state index is 11.4. The largest absolute Gasteiger partial charge is 0.342 e. The molecule has 0 aromatic heterocycles. The van der Waals surface area contributed by atoms with Crippen LogP contribution in [0.5, 0.6) is 0 Å². The van der Waals surface area contributed by atoms with Crippen LogP contribution in [-0.2, 0) is 4.79 Å². The zero-order valence-corrected chi connectivity index (χ0v) is 10.0. The molecule has 1 aliphatic carbocycles. The van der Waals surface area contributed by atoms with Crippen molar-refractivity contribution in [1.29, 1.82) is 0 Å². The van der Waals surface area contributed by atoms with E-state index in [2.05, 4.69) is 22.9 Å². The van der Waals surface area contributed by atoms with Gasteiger partial charge in [-0.2, -0.15) is 0 Å². The molecule has 0 N–H and O–H groups in total. The number of alkyl halides is 1. The van der Waals surface area contributed by atoms with Gasteiger partial charge in [-0.15, -0.1) is 0 Å². The van der Waals surface area contributed by atoms with E-state index < -0.39 is 0 Å². The second-order valence-corrected chi connectivity index (χ2v) is 4.62. The summed E-state index contributed by atoms with van der Waals surface area (Å²) in [5.74, 6) is 0.989. The minimum atomic E-state index is 0.208. The van der Waals surface area contributed by atoms with E-state index in [-0.39, 0.29) is 5.91 Å². The first-order valence-electron chi connectivity index (χ1n) is 4.96. The van der Waals surface area contributed by atoms with Crippen LogP contribution in [0.3, 0.4) is 0 Å². The Balaban J connectivity index is 2.45. The second-order valence-electron chi connectivity index (χ2n) is 4.06. The Morgan fingerprint density at radius 2 is 2.23 bits per heavy atom. The lowest BCUT2D eigenvalue weighted by Gasteiger charge is -2.33. The minimum Gasteiger partial charge on any atom is -0.342 e. The Morgan fingerprint density at radius 1 is 1.54 bits per heavy atom. The third kappa shape index (κ3) is 2.97. The molecule has 0 bridgehead atoms. The lowest BCUT2D eigenvalue weighted by atomic mass is 9.86. The van der Waals surface area contributed by atoms with Crippen molar-refractivity contribution in [2.75, 3.05) is 12.4 Å². The fourth-order valence-corrected chi connectivity index (χ4v) is 2.45. The molecular weight excluding hydrogens is 230 g/mol. The van der Waals surface area contributed by atoms with E-state index in [1.54, 1.807) is 0 Å². The summed E-state index contributed by atoms with van der Waals surface area (Å²) in [5, 5.41) is 0.453. The highest BCUT2D eigenvalue weighted by molar-refractivity contribution is 9.09. The Labute approximate surface area is 88.8 Å². The maximum atomic E-state index is 11.4.